The maximum atomic E-state index is 9.94. The van der Waals surface area contributed by atoms with Crippen LogP contribution in [-0.4, -0.2) is 11.7 Å². The summed E-state index contributed by atoms with van der Waals surface area (Å²) in [6.45, 7) is 2.92. The molecule has 2 rings (SSSR count). The Hall–Kier alpha value is -1.02. The van der Waals surface area contributed by atoms with Crippen molar-refractivity contribution in [1.82, 2.24) is 0 Å². The fourth-order valence-electron chi connectivity index (χ4n) is 1.98. The second kappa shape index (κ2) is 4.67. The lowest BCUT2D eigenvalue weighted by Crippen LogP contribution is -1.97. The van der Waals surface area contributed by atoms with E-state index in [1.54, 1.807) is 0 Å². The Morgan fingerprint density at radius 2 is 2.33 bits per heavy atom. The SMILES string of the molecule is CCCCC(O)c1ccc2c(c1)CCO2. The van der Waals surface area contributed by atoms with Gasteiger partial charge in [-0.15, -0.1) is 0 Å². The van der Waals surface area contributed by atoms with Crippen LogP contribution in [0.5, 0.6) is 5.75 Å². The molecule has 2 heteroatoms. The van der Waals surface area contributed by atoms with Crippen molar-refractivity contribution in [2.24, 2.45) is 0 Å². The van der Waals surface area contributed by atoms with Crippen LogP contribution in [0.3, 0.4) is 0 Å². The molecule has 0 aliphatic carbocycles. The number of aliphatic hydroxyl groups is 1. The van der Waals surface area contributed by atoms with E-state index < -0.39 is 0 Å². The zero-order valence-corrected chi connectivity index (χ0v) is 9.20. The Morgan fingerprint density at radius 3 is 3.13 bits per heavy atom. The van der Waals surface area contributed by atoms with Gasteiger partial charge in [0.05, 0.1) is 12.7 Å². The van der Waals surface area contributed by atoms with Crippen LogP contribution in [0.25, 0.3) is 0 Å². The molecule has 0 aromatic heterocycles. The Bertz CT molecular complexity index is 333. The van der Waals surface area contributed by atoms with Crippen LogP contribution >= 0.6 is 0 Å². The molecule has 0 saturated heterocycles. The minimum Gasteiger partial charge on any atom is -0.493 e. The first-order valence-corrected chi connectivity index (χ1v) is 5.75. The lowest BCUT2D eigenvalue weighted by atomic mass is 10.0. The number of hydrogen-bond acceptors (Lipinski definition) is 2. The van der Waals surface area contributed by atoms with Gasteiger partial charge in [0.25, 0.3) is 0 Å². The van der Waals surface area contributed by atoms with E-state index in [0.717, 1.165) is 43.6 Å². The second-order valence-corrected chi connectivity index (χ2v) is 4.12. The number of ether oxygens (including phenoxy) is 1. The van der Waals surface area contributed by atoms with Gasteiger partial charge < -0.3 is 9.84 Å². The number of unbranched alkanes of at least 4 members (excludes halogenated alkanes) is 1. The van der Waals surface area contributed by atoms with E-state index in [1.807, 2.05) is 12.1 Å². The molecule has 1 heterocycles. The third-order valence-corrected chi connectivity index (χ3v) is 2.93. The zero-order valence-electron chi connectivity index (χ0n) is 9.20. The monoisotopic (exact) mass is 206 g/mol. The van der Waals surface area contributed by atoms with Gasteiger partial charge >= 0.3 is 0 Å². The molecular weight excluding hydrogens is 188 g/mol. The van der Waals surface area contributed by atoms with Crippen molar-refractivity contribution in [3.63, 3.8) is 0 Å². The molecule has 1 N–H and O–H groups in total. The predicted molar refractivity (Wildman–Crippen MR) is 60.1 cm³/mol. The molecule has 1 atom stereocenters. The summed E-state index contributed by atoms with van der Waals surface area (Å²) in [6.07, 6.45) is 3.73. The smallest absolute Gasteiger partial charge is 0.122 e. The summed E-state index contributed by atoms with van der Waals surface area (Å²) in [7, 11) is 0. The molecule has 1 aliphatic heterocycles. The molecule has 0 radical (unpaired) electrons. The molecule has 0 spiro atoms. The van der Waals surface area contributed by atoms with Gasteiger partial charge in [0.15, 0.2) is 0 Å². The van der Waals surface area contributed by atoms with Gasteiger partial charge in [0.2, 0.25) is 0 Å². The van der Waals surface area contributed by atoms with Gasteiger partial charge in [0.1, 0.15) is 5.75 Å². The predicted octanol–water partition coefficient (Wildman–Crippen LogP) is 2.85. The molecule has 2 nitrogen and oxygen atoms in total. The first-order chi connectivity index (χ1) is 7.31. The number of hydrogen-bond donors (Lipinski definition) is 1. The highest BCUT2D eigenvalue weighted by Crippen LogP contribution is 2.29. The third-order valence-electron chi connectivity index (χ3n) is 2.93. The molecule has 0 fully saturated rings. The second-order valence-electron chi connectivity index (χ2n) is 4.12. The van der Waals surface area contributed by atoms with Crippen molar-refractivity contribution in [3.8, 4) is 5.75 Å². The average molecular weight is 206 g/mol. The number of aliphatic hydroxyl groups excluding tert-OH is 1. The van der Waals surface area contributed by atoms with E-state index in [0.29, 0.717) is 0 Å². The van der Waals surface area contributed by atoms with E-state index in [2.05, 4.69) is 13.0 Å². The van der Waals surface area contributed by atoms with Crippen molar-refractivity contribution in [2.75, 3.05) is 6.61 Å². The number of rotatable bonds is 4. The molecule has 0 bridgehead atoms. The van der Waals surface area contributed by atoms with E-state index in [9.17, 15) is 5.11 Å². The van der Waals surface area contributed by atoms with Crippen molar-refractivity contribution in [2.45, 2.75) is 38.7 Å². The molecule has 82 valence electrons. The Labute approximate surface area is 90.9 Å². The largest absolute Gasteiger partial charge is 0.493 e. The van der Waals surface area contributed by atoms with Crippen molar-refractivity contribution < 1.29 is 9.84 Å². The first-order valence-electron chi connectivity index (χ1n) is 5.75. The van der Waals surface area contributed by atoms with Crippen LogP contribution in [0.4, 0.5) is 0 Å². The summed E-state index contributed by atoms with van der Waals surface area (Å²) < 4.78 is 5.43. The maximum Gasteiger partial charge on any atom is 0.122 e. The molecule has 1 aromatic carbocycles. The number of benzene rings is 1. The van der Waals surface area contributed by atoms with Crippen molar-refractivity contribution >= 4 is 0 Å². The van der Waals surface area contributed by atoms with Crippen LogP contribution in [0, 0.1) is 0 Å². The summed E-state index contributed by atoms with van der Waals surface area (Å²) in [4.78, 5) is 0. The van der Waals surface area contributed by atoms with Gasteiger partial charge in [-0.2, -0.15) is 0 Å². The van der Waals surface area contributed by atoms with Gasteiger partial charge in [-0.1, -0.05) is 25.8 Å². The van der Waals surface area contributed by atoms with Crippen LogP contribution < -0.4 is 4.74 Å². The fraction of sp³-hybridized carbons (Fsp3) is 0.538. The van der Waals surface area contributed by atoms with Crippen LogP contribution in [0.1, 0.15) is 43.4 Å². The highest BCUT2D eigenvalue weighted by molar-refractivity contribution is 5.40. The van der Waals surface area contributed by atoms with Crippen LogP contribution in [0.2, 0.25) is 0 Å². The maximum absolute atomic E-state index is 9.94. The van der Waals surface area contributed by atoms with Crippen molar-refractivity contribution in [3.05, 3.63) is 29.3 Å². The van der Waals surface area contributed by atoms with E-state index >= 15 is 0 Å². The molecule has 15 heavy (non-hydrogen) atoms. The zero-order chi connectivity index (χ0) is 10.7. The summed E-state index contributed by atoms with van der Waals surface area (Å²) in [6, 6.07) is 6.04. The highest BCUT2D eigenvalue weighted by Gasteiger charge is 2.14. The van der Waals surface area contributed by atoms with Crippen molar-refractivity contribution in [1.29, 1.82) is 0 Å². The standard InChI is InChI=1S/C13H18O2/c1-2-3-4-12(14)10-5-6-13-11(9-10)7-8-15-13/h5-6,9,12,14H,2-4,7-8H2,1H3. The van der Waals surface area contributed by atoms with Gasteiger partial charge in [-0.3, -0.25) is 0 Å². The Kier molecular flexibility index (Phi) is 3.27. The van der Waals surface area contributed by atoms with Crippen LogP contribution in [-0.2, 0) is 6.42 Å². The number of fused-ring (bicyclic) bond motifs is 1. The third kappa shape index (κ3) is 2.32. The minimum absolute atomic E-state index is 0.309. The molecule has 0 amide bonds. The molecule has 1 aromatic rings. The molecular formula is C13H18O2. The van der Waals surface area contributed by atoms with Gasteiger partial charge in [0, 0.05) is 6.42 Å². The lowest BCUT2D eigenvalue weighted by molar-refractivity contribution is 0.164. The molecule has 1 aliphatic rings. The minimum atomic E-state index is -0.309. The topological polar surface area (TPSA) is 29.5 Å². The molecule has 1 unspecified atom stereocenters. The van der Waals surface area contributed by atoms with Crippen LogP contribution in [0.15, 0.2) is 18.2 Å². The van der Waals surface area contributed by atoms with E-state index in [-0.39, 0.29) is 6.10 Å². The fourth-order valence-corrected chi connectivity index (χ4v) is 1.98. The summed E-state index contributed by atoms with van der Waals surface area (Å²) >= 11 is 0. The van der Waals surface area contributed by atoms with E-state index in [4.69, 9.17) is 4.74 Å². The average Bonchev–Trinajstić information content (AvgIpc) is 2.72. The first kappa shape index (κ1) is 10.5. The summed E-state index contributed by atoms with van der Waals surface area (Å²) in [5.41, 5.74) is 2.27. The normalized spacial score (nSPS) is 15.9. The Balaban J connectivity index is 2.08. The van der Waals surface area contributed by atoms with E-state index in [1.165, 1.54) is 5.56 Å². The summed E-state index contributed by atoms with van der Waals surface area (Å²) in [5, 5.41) is 9.94. The van der Waals surface area contributed by atoms with Gasteiger partial charge in [-0.25, -0.2) is 0 Å². The quantitative estimate of drug-likeness (QED) is 0.820. The lowest BCUT2D eigenvalue weighted by Gasteiger charge is -2.11. The summed E-state index contributed by atoms with van der Waals surface area (Å²) in [5.74, 6) is 0.987. The van der Waals surface area contributed by atoms with Gasteiger partial charge in [-0.05, 0) is 29.7 Å². The highest BCUT2D eigenvalue weighted by atomic mass is 16.5. The Morgan fingerprint density at radius 1 is 1.47 bits per heavy atom. The molecule has 0 saturated carbocycles.